The third-order valence-corrected chi connectivity index (χ3v) is 2.60. The van der Waals surface area contributed by atoms with E-state index in [0.717, 1.165) is 12.8 Å². The van der Waals surface area contributed by atoms with Crippen LogP contribution in [-0.4, -0.2) is 28.1 Å². The van der Waals surface area contributed by atoms with Crippen molar-refractivity contribution < 1.29 is 15.4 Å². The zero-order valence-corrected chi connectivity index (χ0v) is 9.98. The van der Waals surface area contributed by atoms with Crippen LogP contribution in [0.3, 0.4) is 0 Å². The molecule has 0 saturated heterocycles. The van der Waals surface area contributed by atoms with E-state index in [9.17, 15) is 5.11 Å². The molecular weight excluding hydrogens is 220 g/mol. The second-order valence-corrected chi connectivity index (χ2v) is 3.99. The Morgan fingerprint density at radius 3 is 2.59 bits per heavy atom. The summed E-state index contributed by atoms with van der Waals surface area (Å²) in [6.07, 6.45) is 2.59. The standard InChI is InChI=1S/C12H20N2O3/c1-2-3-9(6-7-15)13-11-5-4-10(14-17)8-12(11)16/h4-5,8-9,13-17H,2-3,6-7H2,1H3. The van der Waals surface area contributed by atoms with Crippen molar-refractivity contribution in [2.24, 2.45) is 0 Å². The first-order valence-corrected chi connectivity index (χ1v) is 5.81. The molecule has 0 radical (unpaired) electrons. The molecule has 0 spiro atoms. The number of nitrogens with one attached hydrogen (secondary N) is 2. The highest BCUT2D eigenvalue weighted by molar-refractivity contribution is 5.62. The summed E-state index contributed by atoms with van der Waals surface area (Å²) in [5.41, 5.74) is 3.01. The van der Waals surface area contributed by atoms with Gasteiger partial charge in [0.1, 0.15) is 5.75 Å². The van der Waals surface area contributed by atoms with Crippen molar-refractivity contribution in [1.29, 1.82) is 0 Å². The van der Waals surface area contributed by atoms with Gasteiger partial charge in [-0.1, -0.05) is 13.3 Å². The van der Waals surface area contributed by atoms with Gasteiger partial charge in [-0.25, -0.2) is 0 Å². The molecule has 5 nitrogen and oxygen atoms in total. The molecule has 1 aromatic rings. The monoisotopic (exact) mass is 240 g/mol. The Bertz CT molecular complexity index is 339. The number of phenols is 1. The van der Waals surface area contributed by atoms with Crippen LogP contribution in [0.2, 0.25) is 0 Å². The molecule has 0 bridgehead atoms. The van der Waals surface area contributed by atoms with E-state index >= 15 is 0 Å². The molecule has 0 aliphatic carbocycles. The van der Waals surface area contributed by atoms with Gasteiger partial charge in [-0.05, 0) is 25.0 Å². The number of aliphatic hydroxyl groups is 1. The number of benzene rings is 1. The van der Waals surface area contributed by atoms with E-state index in [2.05, 4.69) is 12.2 Å². The minimum atomic E-state index is 0.0723. The maximum atomic E-state index is 9.73. The van der Waals surface area contributed by atoms with Gasteiger partial charge in [-0.3, -0.25) is 10.7 Å². The Balaban J connectivity index is 2.71. The van der Waals surface area contributed by atoms with Crippen LogP contribution >= 0.6 is 0 Å². The number of hydrogen-bond donors (Lipinski definition) is 5. The lowest BCUT2D eigenvalue weighted by Crippen LogP contribution is -2.20. The van der Waals surface area contributed by atoms with Crippen LogP contribution in [0.4, 0.5) is 11.4 Å². The van der Waals surface area contributed by atoms with Crippen LogP contribution in [0.25, 0.3) is 0 Å². The predicted octanol–water partition coefficient (Wildman–Crippen LogP) is 2.16. The average Bonchev–Trinajstić information content (AvgIpc) is 2.32. The number of aromatic hydroxyl groups is 1. The van der Waals surface area contributed by atoms with Gasteiger partial charge in [-0.15, -0.1) is 0 Å². The molecule has 0 heterocycles. The fraction of sp³-hybridized carbons (Fsp3) is 0.500. The van der Waals surface area contributed by atoms with Gasteiger partial charge in [0, 0.05) is 18.7 Å². The lowest BCUT2D eigenvalue weighted by atomic mass is 10.1. The molecule has 0 amide bonds. The van der Waals surface area contributed by atoms with Crippen molar-refractivity contribution in [2.75, 3.05) is 17.4 Å². The molecule has 0 aromatic heterocycles. The summed E-state index contributed by atoms with van der Waals surface area (Å²) in [5, 5.41) is 30.5. The molecule has 5 heteroatoms. The summed E-state index contributed by atoms with van der Waals surface area (Å²) in [6, 6.07) is 4.92. The van der Waals surface area contributed by atoms with Gasteiger partial charge in [0.05, 0.1) is 11.4 Å². The number of anilines is 2. The summed E-state index contributed by atoms with van der Waals surface area (Å²) in [7, 11) is 0. The van der Waals surface area contributed by atoms with Crippen molar-refractivity contribution >= 4 is 11.4 Å². The second kappa shape index (κ2) is 6.98. The van der Waals surface area contributed by atoms with Gasteiger partial charge < -0.3 is 15.5 Å². The summed E-state index contributed by atoms with van der Waals surface area (Å²) in [6.45, 7) is 2.19. The van der Waals surface area contributed by atoms with Crippen molar-refractivity contribution in [3.63, 3.8) is 0 Å². The van der Waals surface area contributed by atoms with E-state index in [1.165, 1.54) is 6.07 Å². The normalized spacial score (nSPS) is 12.2. The van der Waals surface area contributed by atoms with Gasteiger partial charge in [-0.2, -0.15) is 0 Å². The fourth-order valence-electron chi connectivity index (χ4n) is 1.74. The fourth-order valence-corrected chi connectivity index (χ4v) is 1.74. The molecule has 0 saturated carbocycles. The predicted molar refractivity (Wildman–Crippen MR) is 67.5 cm³/mol. The third-order valence-electron chi connectivity index (χ3n) is 2.60. The first kappa shape index (κ1) is 13.6. The van der Waals surface area contributed by atoms with Gasteiger partial charge >= 0.3 is 0 Å². The van der Waals surface area contributed by atoms with Crippen LogP contribution in [0.15, 0.2) is 18.2 Å². The molecule has 1 aromatic carbocycles. The average molecular weight is 240 g/mol. The van der Waals surface area contributed by atoms with Crippen LogP contribution in [0, 0.1) is 0 Å². The van der Waals surface area contributed by atoms with Crippen molar-refractivity contribution in [1.82, 2.24) is 0 Å². The quantitative estimate of drug-likeness (QED) is 0.372. The largest absolute Gasteiger partial charge is 0.506 e. The second-order valence-electron chi connectivity index (χ2n) is 3.99. The van der Waals surface area contributed by atoms with Crippen LogP contribution in [0.5, 0.6) is 5.75 Å². The molecule has 0 fully saturated rings. The summed E-state index contributed by atoms with van der Waals surface area (Å²) < 4.78 is 0. The molecular formula is C12H20N2O3. The van der Waals surface area contributed by atoms with Crippen molar-refractivity contribution in [3.05, 3.63) is 18.2 Å². The van der Waals surface area contributed by atoms with Gasteiger partial charge in [0.15, 0.2) is 0 Å². The Labute approximate surface area is 101 Å². The zero-order chi connectivity index (χ0) is 12.7. The Kier molecular flexibility index (Phi) is 5.59. The molecule has 1 rings (SSSR count). The van der Waals surface area contributed by atoms with Crippen molar-refractivity contribution in [3.8, 4) is 5.75 Å². The molecule has 0 aliphatic heterocycles. The highest BCUT2D eigenvalue weighted by atomic mass is 16.5. The minimum absolute atomic E-state index is 0.0723. The SMILES string of the molecule is CCCC(CCO)Nc1ccc(NO)cc1O. The molecule has 17 heavy (non-hydrogen) atoms. The minimum Gasteiger partial charge on any atom is -0.506 e. The van der Waals surface area contributed by atoms with E-state index in [1.54, 1.807) is 12.1 Å². The maximum Gasteiger partial charge on any atom is 0.140 e. The van der Waals surface area contributed by atoms with Crippen molar-refractivity contribution in [2.45, 2.75) is 32.2 Å². The van der Waals surface area contributed by atoms with E-state index in [0.29, 0.717) is 17.8 Å². The summed E-state index contributed by atoms with van der Waals surface area (Å²) >= 11 is 0. The van der Waals surface area contributed by atoms with E-state index in [-0.39, 0.29) is 18.4 Å². The van der Waals surface area contributed by atoms with Gasteiger partial charge in [0.25, 0.3) is 0 Å². The Morgan fingerprint density at radius 1 is 1.29 bits per heavy atom. The van der Waals surface area contributed by atoms with Crippen LogP contribution < -0.4 is 10.8 Å². The topological polar surface area (TPSA) is 84.8 Å². The highest BCUT2D eigenvalue weighted by Crippen LogP contribution is 2.27. The molecule has 0 aliphatic rings. The van der Waals surface area contributed by atoms with Crippen LogP contribution in [0.1, 0.15) is 26.2 Å². The zero-order valence-electron chi connectivity index (χ0n) is 9.98. The Morgan fingerprint density at radius 2 is 2.06 bits per heavy atom. The first-order chi connectivity index (χ1) is 8.21. The van der Waals surface area contributed by atoms with Crippen LogP contribution in [-0.2, 0) is 0 Å². The molecule has 1 unspecified atom stereocenters. The number of aliphatic hydroxyl groups excluding tert-OH is 1. The molecule has 1 atom stereocenters. The third kappa shape index (κ3) is 4.13. The van der Waals surface area contributed by atoms with E-state index in [4.69, 9.17) is 10.3 Å². The molecule has 96 valence electrons. The number of rotatable bonds is 7. The summed E-state index contributed by atoms with van der Waals surface area (Å²) in [4.78, 5) is 0. The first-order valence-electron chi connectivity index (χ1n) is 5.81. The van der Waals surface area contributed by atoms with Gasteiger partial charge in [0.2, 0.25) is 0 Å². The highest BCUT2D eigenvalue weighted by Gasteiger charge is 2.09. The smallest absolute Gasteiger partial charge is 0.140 e. The molecule has 5 N–H and O–H groups in total. The Hall–Kier alpha value is -1.46. The van der Waals surface area contributed by atoms with E-state index < -0.39 is 0 Å². The van der Waals surface area contributed by atoms with E-state index in [1.807, 2.05) is 5.48 Å². The number of phenolic OH excluding ortho intramolecular Hbond substituents is 1. The summed E-state index contributed by atoms with van der Waals surface area (Å²) in [5.74, 6) is 0.0723. The maximum absolute atomic E-state index is 9.73. The lowest BCUT2D eigenvalue weighted by molar-refractivity contribution is 0.276. The number of hydrogen-bond acceptors (Lipinski definition) is 5. The lowest BCUT2D eigenvalue weighted by Gasteiger charge is -2.19.